The molecular weight excluding hydrogens is 436 g/mol. The predicted octanol–water partition coefficient (Wildman–Crippen LogP) is 4.35. The number of amides is 1. The Morgan fingerprint density at radius 1 is 1.10 bits per heavy atom. The van der Waals surface area contributed by atoms with Crippen molar-refractivity contribution < 1.29 is 18.7 Å². The Labute approximate surface area is 176 Å². The average Bonchev–Trinajstić information content (AvgIpc) is 3.22. The van der Waals surface area contributed by atoms with Gasteiger partial charge in [0.2, 0.25) is 5.91 Å². The number of benzene rings is 2. The zero-order valence-corrected chi connectivity index (χ0v) is 16.8. The van der Waals surface area contributed by atoms with E-state index in [0.717, 1.165) is 10.0 Å². The summed E-state index contributed by atoms with van der Waals surface area (Å²) < 4.78 is 11.3. The quantitative estimate of drug-likeness (QED) is 0.190. The van der Waals surface area contributed by atoms with Crippen LogP contribution in [0.1, 0.15) is 16.9 Å². The van der Waals surface area contributed by atoms with Gasteiger partial charge in [0.25, 0.3) is 0 Å². The molecule has 3 aromatic rings. The maximum atomic E-state index is 11.9. The molecule has 0 saturated carbocycles. The number of nitrogens with one attached hydrogen (secondary N) is 1. The summed E-state index contributed by atoms with van der Waals surface area (Å²) in [5.74, 6) is 0.165. The molecule has 0 radical (unpaired) electrons. The SMILES string of the molecule is O=C(Cc1ccc(Br)cc1)N/N=C\c1cccc(OC(=O)/C=C/c2ccco2)c1. The second-order valence-electron chi connectivity index (χ2n) is 5.94. The number of esters is 1. The van der Waals surface area contributed by atoms with E-state index in [9.17, 15) is 9.59 Å². The van der Waals surface area contributed by atoms with Crippen molar-refractivity contribution in [2.75, 3.05) is 0 Å². The highest BCUT2D eigenvalue weighted by molar-refractivity contribution is 9.10. The lowest BCUT2D eigenvalue weighted by molar-refractivity contribution is -0.129. The van der Waals surface area contributed by atoms with Crippen LogP contribution < -0.4 is 10.2 Å². The van der Waals surface area contributed by atoms with Gasteiger partial charge in [0.05, 0.1) is 18.9 Å². The number of carbonyl (C=O) groups excluding carboxylic acids is 2. The fourth-order valence-corrected chi connectivity index (χ4v) is 2.62. The molecule has 0 saturated heterocycles. The molecule has 1 aromatic heterocycles. The third-order valence-corrected chi connectivity index (χ3v) is 4.21. The standard InChI is InChI=1S/C22H17BrN2O4/c23-18-8-6-16(7-9-18)14-21(26)25-24-15-17-3-1-4-20(13-17)29-22(27)11-10-19-5-2-12-28-19/h1-13,15H,14H2,(H,25,26)/b11-10+,24-15-. The van der Waals surface area contributed by atoms with Crippen molar-refractivity contribution in [2.24, 2.45) is 5.10 Å². The van der Waals surface area contributed by atoms with E-state index < -0.39 is 5.97 Å². The van der Waals surface area contributed by atoms with E-state index in [1.54, 1.807) is 36.4 Å². The molecule has 1 amide bonds. The van der Waals surface area contributed by atoms with E-state index in [4.69, 9.17) is 9.15 Å². The fourth-order valence-electron chi connectivity index (χ4n) is 2.35. The van der Waals surface area contributed by atoms with Gasteiger partial charge in [-0.25, -0.2) is 10.2 Å². The molecule has 29 heavy (non-hydrogen) atoms. The Kier molecular flexibility index (Phi) is 7.13. The van der Waals surface area contributed by atoms with Crippen molar-refractivity contribution >= 4 is 40.1 Å². The van der Waals surface area contributed by atoms with E-state index >= 15 is 0 Å². The molecule has 0 aliphatic rings. The predicted molar refractivity (Wildman–Crippen MR) is 113 cm³/mol. The Balaban J connectivity index is 1.51. The summed E-state index contributed by atoms with van der Waals surface area (Å²) >= 11 is 3.35. The topological polar surface area (TPSA) is 80.9 Å². The van der Waals surface area contributed by atoms with Crippen molar-refractivity contribution in [2.45, 2.75) is 6.42 Å². The molecule has 1 heterocycles. The molecule has 0 aliphatic carbocycles. The molecule has 0 spiro atoms. The van der Waals surface area contributed by atoms with E-state index in [0.29, 0.717) is 17.1 Å². The van der Waals surface area contributed by atoms with Crippen LogP contribution in [-0.4, -0.2) is 18.1 Å². The van der Waals surface area contributed by atoms with Gasteiger partial charge in [-0.2, -0.15) is 5.10 Å². The normalized spacial score (nSPS) is 11.1. The third-order valence-electron chi connectivity index (χ3n) is 3.68. The van der Waals surface area contributed by atoms with Crippen LogP contribution in [0.5, 0.6) is 5.75 Å². The molecule has 0 aliphatic heterocycles. The summed E-state index contributed by atoms with van der Waals surface area (Å²) in [6.07, 6.45) is 6.03. The maximum absolute atomic E-state index is 11.9. The number of hydrazone groups is 1. The van der Waals surface area contributed by atoms with E-state index in [-0.39, 0.29) is 12.3 Å². The van der Waals surface area contributed by atoms with Gasteiger partial charge in [-0.1, -0.05) is 40.2 Å². The van der Waals surface area contributed by atoms with Crippen molar-refractivity contribution in [1.82, 2.24) is 5.43 Å². The van der Waals surface area contributed by atoms with Gasteiger partial charge < -0.3 is 9.15 Å². The van der Waals surface area contributed by atoms with Crippen LogP contribution in [0.4, 0.5) is 0 Å². The minimum absolute atomic E-state index is 0.226. The Bertz CT molecular complexity index is 1030. The first-order valence-electron chi connectivity index (χ1n) is 8.68. The first-order chi connectivity index (χ1) is 14.1. The second kappa shape index (κ2) is 10.2. The van der Waals surface area contributed by atoms with E-state index in [2.05, 4.69) is 26.5 Å². The molecule has 7 heteroatoms. The first-order valence-corrected chi connectivity index (χ1v) is 9.47. The van der Waals surface area contributed by atoms with Crippen LogP contribution in [0.25, 0.3) is 6.08 Å². The number of rotatable bonds is 7. The van der Waals surface area contributed by atoms with E-state index in [1.807, 2.05) is 24.3 Å². The zero-order valence-electron chi connectivity index (χ0n) is 15.2. The van der Waals surface area contributed by atoms with Crippen molar-refractivity contribution in [3.05, 3.63) is 94.4 Å². The highest BCUT2D eigenvalue weighted by Crippen LogP contribution is 2.13. The minimum Gasteiger partial charge on any atom is -0.465 e. The Morgan fingerprint density at radius 2 is 1.93 bits per heavy atom. The van der Waals surface area contributed by atoms with Crippen molar-refractivity contribution in [3.8, 4) is 5.75 Å². The van der Waals surface area contributed by atoms with Crippen molar-refractivity contribution in [3.63, 3.8) is 0 Å². The highest BCUT2D eigenvalue weighted by atomic mass is 79.9. The molecule has 0 fully saturated rings. The third kappa shape index (κ3) is 6.90. The Morgan fingerprint density at radius 3 is 2.69 bits per heavy atom. The molecular formula is C22H17BrN2O4. The molecule has 0 bridgehead atoms. The van der Waals surface area contributed by atoms with Gasteiger partial charge >= 0.3 is 5.97 Å². The highest BCUT2D eigenvalue weighted by Gasteiger charge is 2.03. The summed E-state index contributed by atoms with van der Waals surface area (Å²) in [5.41, 5.74) is 4.04. The van der Waals surface area contributed by atoms with Crippen LogP contribution in [0, 0.1) is 0 Å². The monoisotopic (exact) mass is 452 g/mol. The molecule has 0 atom stereocenters. The minimum atomic E-state index is -0.529. The lowest BCUT2D eigenvalue weighted by Crippen LogP contribution is -2.19. The smallest absolute Gasteiger partial charge is 0.336 e. The molecule has 0 unspecified atom stereocenters. The number of furan rings is 1. The average molecular weight is 453 g/mol. The number of hydrogen-bond acceptors (Lipinski definition) is 5. The molecule has 1 N–H and O–H groups in total. The molecule has 6 nitrogen and oxygen atoms in total. The molecule has 3 rings (SSSR count). The first kappa shape index (κ1) is 20.3. The van der Waals surface area contributed by atoms with Crippen LogP contribution >= 0.6 is 15.9 Å². The van der Waals surface area contributed by atoms with Crippen molar-refractivity contribution in [1.29, 1.82) is 0 Å². The Hall–Kier alpha value is -3.45. The van der Waals surface area contributed by atoms with Gasteiger partial charge in [0.15, 0.2) is 0 Å². The van der Waals surface area contributed by atoms with Crippen LogP contribution in [0.2, 0.25) is 0 Å². The summed E-state index contributed by atoms with van der Waals surface area (Å²) in [6.45, 7) is 0. The molecule has 146 valence electrons. The largest absolute Gasteiger partial charge is 0.465 e. The summed E-state index contributed by atoms with van der Waals surface area (Å²) in [5, 5.41) is 3.94. The van der Waals surface area contributed by atoms with Crippen LogP contribution in [0.3, 0.4) is 0 Å². The van der Waals surface area contributed by atoms with Gasteiger partial charge in [0, 0.05) is 10.5 Å². The van der Waals surface area contributed by atoms with Gasteiger partial charge in [-0.05, 0) is 53.6 Å². The number of halogens is 1. The summed E-state index contributed by atoms with van der Waals surface area (Å²) in [6, 6.07) is 17.7. The van der Waals surface area contributed by atoms with E-state index in [1.165, 1.54) is 24.6 Å². The van der Waals surface area contributed by atoms with Gasteiger partial charge in [-0.15, -0.1) is 0 Å². The number of hydrogen-bond donors (Lipinski definition) is 1. The summed E-state index contributed by atoms with van der Waals surface area (Å²) in [7, 11) is 0. The van der Waals surface area contributed by atoms with Gasteiger partial charge in [0.1, 0.15) is 11.5 Å². The van der Waals surface area contributed by atoms with Crippen LogP contribution in [-0.2, 0) is 16.0 Å². The van der Waals surface area contributed by atoms with Crippen LogP contribution in [0.15, 0.2) is 87.0 Å². The summed E-state index contributed by atoms with van der Waals surface area (Å²) in [4.78, 5) is 23.8. The molecule has 2 aromatic carbocycles. The van der Waals surface area contributed by atoms with Gasteiger partial charge in [-0.3, -0.25) is 4.79 Å². The zero-order chi connectivity index (χ0) is 20.5. The number of carbonyl (C=O) groups is 2. The lowest BCUT2D eigenvalue weighted by atomic mass is 10.1. The number of nitrogens with zero attached hydrogens (tertiary/aromatic N) is 1. The fraction of sp³-hybridized carbons (Fsp3) is 0.0455. The maximum Gasteiger partial charge on any atom is 0.336 e. The lowest BCUT2D eigenvalue weighted by Gasteiger charge is -2.03. The number of ether oxygens (including phenoxy) is 1. The second-order valence-corrected chi connectivity index (χ2v) is 6.85.